The lowest BCUT2D eigenvalue weighted by Gasteiger charge is -2.37. The quantitative estimate of drug-likeness (QED) is 0.881. The van der Waals surface area contributed by atoms with Gasteiger partial charge < -0.3 is 20.1 Å². The van der Waals surface area contributed by atoms with Gasteiger partial charge >= 0.3 is 12.2 Å². The van der Waals surface area contributed by atoms with Crippen LogP contribution in [0.4, 0.5) is 9.59 Å². The van der Waals surface area contributed by atoms with E-state index in [0.717, 1.165) is 11.1 Å². The lowest BCUT2D eigenvalue weighted by Crippen LogP contribution is -2.51. The molecule has 6 nitrogen and oxygen atoms in total. The summed E-state index contributed by atoms with van der Waals surface area (Å²) in [6.07, 6.45) is -0.869. The molecule has 0 bridgehead atoms. The zero-order chi connectivity index (χ0) is 18.4. The number of nitrogens with one attached hydrogen (secondary N) is 1. The predicted molar refractivity (Wildman–Crippen MR) is 96.9 cm³/mol. The van der Waals surface area contributed by atoms with E-state index in [4.69, 9.17) is 4.74 Å². The average molecular weight is 354 g/mol. The van der Waals surface area contributed by atoms with E-state index in [-0.39, 0.29) is 18.6 Å². The SMILES string of the molecule is O=C(NC1CCN(C(=O)O)CC1c1ccccc1)OCc1ccccc1. The van der Waals surface area contributed by atoms with Crippen molar-refractivity contribution in [3.05, 3.63) is 71.8 Å². The molecule has 1 saturated heterocycles. The van der Waals surface area contributed by atoms with Gasteiger partial charge in [-0.25, -0.2) is 9.59 Å². The van der Waals surface area contributed by atoms with E-state index in [9.17, 15) is 14.7 Å². The summed E-state index contributed by atoms with van der Waals surface area (Å²) in [6.45, 7) is 0.946. The molecule has 0 radical (unpaired) electrons. The molecule has 2 atom stereocenters. The van der Waals surface area contributed by atoms with E-state index in [2.05, 4.69) is 5.32 Å². The fourth-order valence-electron chi connectivity index (χ4n) is 3.25. The van der Waals surface area contributed by atoms with Gasteiger partial charge in [-0.05, 0) is 17.5 Å². The number of hydrogen-bond acceptors (Lipinski definition) is 3. The highest BCUT2D eigenvalue weighted by Crippen LogP contribution is 2.27. The number of carbonyl (C=O) groups is 2. The number of rotatable bonds is 4. The van der Waals surface area contributed by atoms with E-state index in [1.165, 1.54) is 4.90 Å². The lowest BCUT2D eigenvalue weighted by molar-refractivity contribution is 0.110. The third kappa shape index (κ3) is 4.53. The van der Waals surface area contributed by atoms with Gasteiger partial charge in [0.2, 0.25) is 0 Å². The van der Waals surface area contributed by atoms with E-state index in [1.807, 2.05) is 60.7 Å². The van der Waals surface area contributed by atoms with Gasteiger partial charge in [-0.1, -0.05) is 60.7 Å². The molecule has 2 aromatic carbocycles. The zero-order valence-electron chi connectivity index (χ0n) is 14.4. The third-order valence-corrected chi connectivity index (χ3v) is 4.63. The van der Waals surface area contributed by atoms with Crippen molar-refractivity contribution in [2.45, 2.75) is 25.0 Å². The van der Waals surface area contributed by atoms with Crippen LogP contribution in [0.15, 0.2) is 60.7 Å². The second-order valence-electron chi connectivity index (χ2n) is 6.35. The molecule has 1 heterocycles. The number of alkyl carbamates (subject to hydrolysis) is 1. The maximum absolute atomic E-state index is 12.2. The largest absolute Gasteiger partial charge is 0.465 e. The molecule has 136 valence electrons. The minimum atomic E-state index is -0.934. The summed E-state index contributed by atoms with van der Waals surface area (Å²) in [4.78, 5) is 24.9. The van der Waals surface area contributed by atoms with Gasteiger partial charge in [-0.15, -0.1) is 0 Å². The number of ether oxygens (including phenoxy) is 1. The van der Waals surface area contributed by atoms with Crippen molar-refractivity contribution in [3.8, 4) is 0 Å². The number of hydrogen-bond donors (Lipinski definition) is 2. The first-order valence-electron chi connectivity index (χ1n) is 8.63. The summed E-state index contributed by atoms with van der Waals surface area (Å²) >= 11 is 0. The Kier molecular flexibility index (Phi) is 5.73. The molecule has 0 saturated carbocycles. The Labute approximate surface area is 152 Å². The van der Waals surface area contributed by atoms with E-state index in [0.29, 0.717) is 19.5 Å². The molecule has 1 aliphatic heterocycles. The topological polar surface area (TPSA) is 78.9 Å². The fraction of sp³-hybridized carbons (Fsp3) is 0.300. The van der Waals surface area contributed by atoms with Crippen LogP contribution in [0.3, 0.4) is 0 Å². The minimum Gasteiger partial charge on any atom is -0.465 e. The van der Waals surface area contributed by atoms with Gasteiger partial charge in [0.25, 0.3) is 0 Å². The van der Waals surface area contributed by atoms with Crippen molar-refractivity contribution in [2.75, 3.05) is 13.1 Å². The monoisotopic (exact) mass is 354 g/mol. The van der Waals surface area contributed by atoms with Crippen molar-refractivity contribution in [1.29, 1.82) is 0 Å². The van der Waals surface area contributed by atoms with E-state index in [1.54, 1.807) is 0 Å². The van der Waals surface area contributed by atoms with E-state index >= 15 is 0 Å². The Morgan fingerprint density at radius 3 is 2.38 bits per heavy atom. The van der Waals surface area contributed by atoms with Crippen LogP contribution in [0, 0.1) is 0 Å². The molecule has 26 heavy (non-hydrogen) atoms. The number of likely N-dealkylation sites (tertiary alicyclic amines) is 1. The first-order valence-corrected chi connectivity index (χ1v) is 8.63. The Bertz CT molecular complexity index is 736. The first-order chi connectivity index (χ1) is 12.6. The summed E-state index contributed by atoms with van der Waals surface area (Å²) in [5.74, 6) is -0.106. The molecule has 2 amide bonds. The summed E-state index contributed by atoms with van der Waals surface area (Å²) < 4.78 is 5.31. The number of benzene rings is 2. The molecule has 0 spiro atoms. The normalized spacial score (nSPS) is 19.6. The van der Waals surface area contributed by atoms with Crippen LogP contribution in [-0.2, 0) is 11.3 Å². The molecule has 1 fully saturated rings. The van der Waals surface area contributed by atoms with Crippen molar-refractivity contribution >= 4 is 12.2 Å². The molecule has 0 aromatic heterocycles. The van der Waals surface area contributed by atoms with Crippen LogP contribution in [0.25, 0.3) is 0 Å². The second-order valence-corrected chi connectivity index (χ2v) is 6.35. The van der Waals surface area contributed by atoms with Crippen LogP contribution >= 0.6 is 0 Å². The number of carbonyl (C=O) groups excluding carboxylic acids is 1. The Balaban J connectivity index is 1.64. The molecule has 1 aliphatic rings. The number of piperidine rings is 1. The molecular formula is C20H22N2O4. The third-order valence-electron chi connectivity index (χ3n) is 4.63. The van der Waals surface area contributed by atoms with Gasteiger partial charge in [0.05, 0.1) is 0 Å². The summed E-state index contributed by atoms with van der Waals surface area (Å²) in [5, 5.41) is 12.2. The van der Waals surface area contributed by atoms with Crippen molar-refractivity contribution in [1.82, 2.24) is 10.2 Å². The molecular weight excluding hydrogens is 332 g/mol. The maximum atomic E-state index is 12.2. The highest BCUT2D eigenvalue weighted by Gasteiger charge is 2.33. The number of nitrogens with zero attached hydrogens (tertiary/aromatic N) is 1. The van der Waals surface area contributed by atoms with Gasteiger partial charge in [-0.2, -0.15) is 0 Å². The molecule has 2 N–H and O–H groups in total. The van der Waals surface area contributed by atoms with Crippen LogP contribution in [0.2, 0.25) is 0 Å². The van der Waals surface area contributed by atoms with Crippen LogP contribution in [-0.4, -0.2) is 41.3 Å². The Morgan fingerprint density at radius 2 is 1.73 bits per heavy atom. The second kappa shape index (κ2) is 8.38. The zero-order valence-corrected chi connectivity index (χ0v) is 14.4. The number of amides is 2. The van der Waals surface area contributed by atoms with Crippen molar-refractivity contribution in [2.24, 2.45) is 0 Å². The van der Waals surface area contributed by atoms with Gasteiger partial charge in [0.15, 0.2) is 0 Å². The fourth-order valence-corrected chi connectivity index (χ4v) is 3.25. The summed E-state index contributed by atoms with van der Waals surface area (Å²) in [5.41, 5.74) is 1.93. The highest BCUT2D eigenvalue weighted by atomic mass is 16.5. The average Bonchev–Trinajstić information content (AvgIpc) is 2.68. The maximum Gasteiger partial charge on any atom is 0.407 e. The van der Waals surface area contributed by atoms with Gasteiger partial charge in [0, 0.05) is 25.0 Å². The molecule has 6 heteroatoms. The molecule has 2 unspecified atom stereocenters. The predicted octanol–water partition coefficient (Wildman–Crippen LogP) is 3.45. The summed E-state index contributed by atoms with van der Waals surface area (Å²) in [6, 6.07) is 19.0. The van der Waals surface area contributed by atoms with E-state index < -0.39 is 12.2 Å². The van der Waals surface area contributed by atoms with Crippen LogP contribution in [0.5, 0.6) is 0 Å². The molecule has 0 aliphatic carbocycles. The Hall–Kier alpha value is -3.02. The highest BCUT2D eigenvalue weighted by molar-refractivity contribution is 5.68. The summed E-state index contributed by atoms with van der Waals surface area (Å²) in [7, 11) is 0. The van der Waals surface area contributed by atoms with Crippen molar-refractivity contribution in [3.63, 3.8) is 0 Å². The smallest absolute Gasteiger partial charge is 0.407 e. The first kappa shape index (κ1) is 17.8. The molecule has 2 aromatic rings. The van der Waals surface area contributed by atoms with Crippen LogP contribution in [0.1, 0.15) is 23.5 Å². The molecule has 3 rings (SSSR count). The van der Waals surface area contributed by atoms with Crippen LogP contribution < -0.4 is 5.32 Å². The lowest BCUT2D eigenvalue weighted by atomic mass is 9.86. The van der Waals surface area contributed by atoms with Crippen molar-refractivity contribution < 1.29 is 19.4 Å². The van der Waals surface area contributed by atoms with Gasteiger partial charge in [-0.3, -0.25) is 0 Å². The minimum absolute atomic E-state index is 0.106. The van der Waals surface area contributed by atoms with Gasteiger partial charge in [0.1, 0.15) is 6.61 Å². The standard InChI is InChI=1S/C20H22N2O4/c23-19(26-14-15-7-3-1-4-8-15)21-18-11-12-22(20(24)25)13-17(18)16-9-5-2-6-10-16/h1-10,17-18H,11-14H2,(H,21,23)(H,24,25). The Morgan fingerprint density at radius 1 is 1.08 bits per heavy atom. The number of carboxylic acid groups (broad SMARTS) is 1.